The van der Waals surface area contributed by atoms with Crippen molar-refractivity contribution in [3.8, 4) is 28.8 Å². The molecular formula is C26H25N5O3S. The van der Waals surface area contributed by atoms with Crippen LogP contribution < -0.4 is 19.3 Å². The maximum absolute atomic E-state index is 13.2. The fourth-order valence-corrected chi connectivity index (χ4v) is 5.39. The quantitative estimate of drug-likeness (QED) is 0.289. The topological polar surface area (TPSA) is 83.6 Å². The number of fused-ring (bicyclic) bond motifs is 2. The summed E-state index contributed by atoms with van der Waals surface area (Å²) in [4.78, 5) is 21.6. The summed E-state index contributed by atoms with van der Waals surface area (Å²) in [5, 5.41) is 10.6. The summed E-state index contributed by atoms with van der Waals surface area (Å²) in [6.45, 7) is 3.80. The molecule has 0 unspecified atom stereocenters. The number of carbonyl (C=O) groups is 1. The molecule has 0 spiro atoms. The maximum atomic E-state index is 13.2. The van der Waals surface area contributed by atoms with E-state index in [-0.39, 0.29) is 17.1 Å². The van der Waals surface area contributed by atoms with E-state index in [0.717, 1.165) is 39.3 Å². The van der Waals surface area contributed by atoms with Gasteiger partial charge in [-0.25, -0.2) is 4.98 Å². The second-order valence-corrected chi connectivity index (χ2v) is 9.10. The number of ketones is 1. The number of carbonyl (C=O) groups excluding carboxylic acids is 1. The number of hydrogen-bond donors (Lipinski definition) is 0. The van der Waals surface area contributed by atoms with E-state index in [9.17, 15) is 10.1 Å². The van der Waals surface area contributed by atoms with Crippen molar-refractivity contribution >= 4 is 28.9 Å². The molecule has 0 saturated carbocycles. The van der Waals surface area contributed by atoms with Gasteiger partial charge >= 0.3 is 0 Å². The first-order valence-corrected chi connectivity index (χ1v) is 12.3. The van der Waals surface area contributed by atoms with Crippen molar-refractivity contribution in [2.75, 3.05) is 42.9 Å². The largest absolute Gasteiger partial charge is 0.486 e. The molecular weight excluding hydrogens is 462 g/mol. The number of benzene rings is 2. The molecule has 0 saturated heterocycles. The zero-order valence-electron chi connectivity index (χ0n) is 19.8. The predicted molar refractivity (Wildman–Crippen MR) is 136 cm³/mol. The molecule has 2 aromatic carbocycles. The zero-order valence-corrected chi connectivity index (χ0v) is 20.6. The van der Waals surface area contributed by atoms with Crippen LogP contribution in [0.15, 0.2) is 65.2 Å². The summed E-state index contributed by atoms with van der Waals surface area (Å²) in [5.41, 5.74) is 3.96. The average Bonchev–Trinajstić information content (AvgIpc) is 3.42. The highest BCUT2D eigenvalue weighted by Crippen LogP contribution is 2.41. The van der Waals surface area contributed by atoms with Crippen molar-refractivity contribution in [1.29, 1.82) is 5.26 Å². The average molecular weight is 488 g/mol. The minimum atomic E-state index is -0.231. The molecule has 0 fully saturated rings. The molecule has 2 aliphatic rings. The Balaban J connectivity index is 1.37. The summed E-state index contributed by atoms with van der Waals surface area (Å²) in [6.07, 6.45) is 1.81. The van der Waals surface area contributed by atoms with Crippen LogP contribution in [0.4, 0.5) is 11.4 Å². The summed E-state index contributed by atoms with van der Waals surface area (Å²) in [5.74, 6) is 1.93. The first-order chi connectivity index (χ1) is 17.0. The molecule has 3 heterocycles. The lowest BCUT2D eigenvalue weighted by atomic mass is 10.1. The van der Waals surface area contributed by atoms with Gasteiger partial charge in [0.1, 0.15) is 30.7 Å². The van der Waals surface area contributed by atoms with Gasteiger partial charge in [0.2, 0.25) is 0 Å². The third kappa shape index (κ3) is 4.00. The van der Waals surface area contributed by atoms with E-state index in [4.69, 9.17) is 9.47 Å². The highest BCUT2D eigenvalue weighted by atomic mass is 32.2. The lowest BCUT2D eigenvalue weighted by Gasteiger charge is -2.20. The molecule has 2 aliphatic heterocycles. The second-order valence-electron chi connectivity index (χ2n) is 8.16. The van der Waals surface area contributed by atoms with Gasteiger partial charge in [0, 0.05) is 26.2 Å². The first kappa shape index (κ1) is 22.9. The number of nitrogens with zero attached hydrogens (tertiary/aromatic N) is 5. The SMILES string of the molecule is CCn1c(-c2ccc3c(c2)OCCO3)cnc1SCC(=O)C(C#N)=C1N(C)c2ccccc2N1C. The molecule has 0 N–H and O–H groups in total. The molecule has 9 heteroatoms. The number of para-hydroxylation sites is 2. The van der Waals surface area contributed by atoms with E-state index in [1.165, 1.54) is 11.8 Å². The van der Waals surface area contributed by atoms with Crippen LogP contribution >= 0.6 is 11.8 Å². The van der Waals surface area contributed by atoms with Crippen LogP contribution in [0.3, 0.4) is 0 Å². The van der Waals surface area contributed by atoms with Crippen molar-refractivity contribution in [2.24, 2.45) is 0 Å². The highest BCUT2D eigenvalue weighted by Gasteiger charge is 2.31. The van der Waals surface area contributed by atoms with E-state index in [0.29, 0.717) is 25.6 Å². The summed E-state index contributed by atoms with van der Waals surface area (Å²) in [7, 11) is 3.75. The van der Waals surface area contributed by atoms with Gasteiger partial charge in [-0.1, -0.05) is 23.9 Å². The summed E-state index contributed by atoms with van der Waals surface area (Å²) < 4.78 is 13.4. The van der Waals surface area contributed by atoms with Gasteiger partial charge < -0.3 is 23.8 Å². The normalized spacial score (nSPS) is 14.1. The van der Waals surface area contributed by atoms with Crippen LogP contribution in [0, 0.1) is 11.3 Å². The number of nitriles is 1. The molecule has 0 amide bonds. The van der Waals surface area contributed by atoms with Crippen LogP contribution in [-0.2, 0) is 11.3 Å². The Hall–Kier alpha value is -3.90. The van der Waals surface area contributed by atoms with Gasteiger partial charge in [0.25, 0.3) is 0 Å². The Bertz CT molecular complexity index is 1340. The number of imidazole rings is 1. The van der Waals surface area contributed by atoms with Crippen LogP contribution in [0.1, 0.15) is 6.92 Å². The highest BCUT2D eigenvalue weighted by molar-refractivity contribution is 7.99. The van der Waals surface area contributed by atoms with Crippen LogP contribution in [0.2, 0.25) is 0 Å². The van der Waals surface area contributed by atoms with Gasteiger partial charge in [-0.05, 0) is 37.3 Å². The van der Waals surface area contributed by atoms with Gasteiger partial charge in [-0.3, -0.25) is 4.79 Å². The second kappa shape index (κ2) is 9.39. The van der Waals surface area contributed by atoms with Gasteiger partial charge in [-0.2, -0.15) is 5.26 Å². The number of thioether (sulfide) groups is 1. The molecule has 8 nitrogen and oxygen atoms in total. The summed E-state index contributed by atoms with van der Waals surface area (Å²) >= 11 is 1.34. The monoisotopic (exact) mass is 487 g/mol. The van der Waals surface area contributed by atoms with E-state index in [1.807, 2.05) is 73.3 Å². The lowest BCUT2D eigenvalue weighted by molar-refractivity contribution is -0.112. The number of aromatic nitrogens is 2. The number of hydrogen-bond acceptors (Lipinski definition) is 8. The van der Waals surface area contributed by atoms with E-state index < -0.39 is 0 Å². The van der Waals surface area contributed by atoms with Gasteiger partial charge in [0.05, 0.1) is 29.0 Å². The number of anilines is 2. The molecule has 1 aromatic heterocycles. The van der Waals surface area contributed by atoms with Crippen molar-refractivity contribution in [1.82, 2.24) is 9.55 Å². The third-order valence-corrected chi connectivity index (χ3v) is 7.15. The first-order valence-electron chi connectivity index (χ1n) is 11.4. The van der Waals surface area contributed by atoms with Crippen molar-refractivity contribution in [3.63, 3.8) is 0 Å². The Morgan fingerprint density at radius 2 is 1.77 bits per heavy atom. The van der Waals surface area contributed by atoms with Crippen molar-refractivity contribution in [3.05, 3.63) is 60.1 Å². The number of Topliss-reactive ketones (excluding diaryl/α,β-unsaturated/α-hetero) is 1. The van der Waals surface area contributed by atoms with E-state index in [2.05, 4.69) is 15.6 Å². The van der Waals surface area contributed by atoms with Crippen LogP contribution in [0.25, 0.3) is 11.3 Å². The molecule has 3 aromatic rings. The Labute approximate surface area is 208 Å². The molecule has 0 atom stereocenters. The molecule has 0 radical (unpaired) electrons. The number of ether oxygens (including phenoxy) is 2. The Morgan fingerprint density at radius 1 is 1.09 bits per heavy atom. The molecule has 35 heavy (non-hydrogen) atoms. The maximum Gasteiger partial charge on any atom is 0.187 e. The minimum absolute atomic E-state index is 0.113. The molecule has 0 bridgehead atoms. The van der Waals surface area contributed by atoms with Crippen molar-refractivity contribution in [2.45, 2.75) is 18.6 Å². The number of rotatable bonds is 6. The lowest BCUT2D eigenvalue weighted by Crippen LogP contribution is -2.26. The van der Waals surface area contributed by atoms with Crippen LogP contribution in [0.5, 0.6) is 11.5 Å². The van der Waals surface area contributed by atoms with Gasteiger partial charge in [0.15, 0.2) is 22.4 Å². The fourth-order valence-electron chi connectivity index (χ4n) is 4.47. The Morgan fingerprint density at radius 3 is 2.43 bits per heavy atom. The zero-order chi connectivity index (χ0) is 24.5. The molecule has 178 valence electrons. The third-order valence-electron chi connectivity index (χ3n) is 6.16. The Kier molecular flexibility index (Phi) is 6.14. The summed E-state index contributed by atoms with van der Waals surface area (Å²) in [6, 6.07) is 15.8. The van der Waals surface area contributed by atoms with Gasteiger partial charge in [-0.15, -0.1) is 0 Å². The molecule has 5 rings (SSSR count). The number of allylic oxidation sites excluding steroid dienone is 1. The predicted octanol–water partition coefficient (Wildman–Crippen LogP) is 4.32. The van der Waals surface area contributed by atoms with Crippen LogP contribution in [-0.4, -0.2) is 48.4 Å². The minimum Gasteiger partial charge on any atom is -0.486 e. The van der Waals surface area contributed by atoms with E-state index >= 15 is 0 Å². The van der Waals surface area contributed by atoms with Crippen molar-refractivity contribution < 1.29 is 14.3 Å². The fraction of sp³-hybridized carbons (Fsp3) is 0.269. The standard InChI is InChI=1S/C26H25N5O3S/c1-4-31-21(17-9-10-23-24(13-17)34-12-11-33-23)15-28-26(31)35-16-22(32)18(14-27)25-29(2)19-7-5-6-8-20(19)30(25)3/h5-10,13,15H,4,11-12,16H2,1-3H3. The molecule has 0 aliphatic carbocycles. The smallest absolute Gasteiger partial charge is 0.187 e. The van der Waals surface area contributed by atoms with E-state index in [1.54, 1.807) is 6.20 Å².